The molecular weight excluding hydrogens is 793 g/mol. The minimum atomic E-state index is -3.81. The minimum absolute atomic E-state index is 0. The third kappa shape index (κ3) is 39.7. The maximum atomic E-state index is 8.23. The van der Waals surface area contributed by atoms with Gasteiger partial charge in [-0.25, -0.2) is 0 Å². The number of hydrogen-bond acceptors (Lipinski definition) is 0. The van der Waals surface area contributed by atoms with Gasteiger partial charge in [0.2, 0.25) is 0 Å². The van der Waals surface area contributed by atoms with Gasteiger partial charge in [-0.05, 0) is 65.4 Å². The van der Waals surface area contributed by atoms with Gasteiger partial charge < -0.3 is 0 Å². The zero-order valence-electron chi connectivity index (χ0n) is 94.0. The van der Waals surface area contributed by atoms with E-state index in [0.29, 0.717) is 37.5 Å². The van der Waals surface area contributed by atoms with E-state index in [2.05, 4.69) is 0 Å². The molecule has 0 saturated heterocycles. The zero-order chi connectivity index (χ0) is 94.0. The summed E-state index contributed by atoms with van der Waals surface area (Å²) in [5, 5.41) is 0. The Labute approximate surface area is 501 Å². The van der Waals surface area contributed by atoms with E-state index in [-0.39, 0.29) is 29.7 Å². The molecule has 0 N–H and O–H groups in total. The molecule has 8 fully saturated rings. The van der Waals surface area contributed by atoms with Crippen molar-refractivity contribution in [2.75, 3.05) is 0 Å². The SMILES string of the molecule is C.C.C.C.[2H]C([2H])(C)C1([2H])C([2H])([2H])C([2H])([2H])C([2H])([2H])C([2H])(C)C([2H])([2H])C1([2H])[2H].[2H]C([2H])(C)C1([2H])C([2H])([2H])C([2H])([2H])C([2H])([2H])C([2H])(C)C1([2H])[2H].[2H]C([2H])(C)C1([2H])C([2H])([2H])C([2H])([2H])C([2H])([2H])C1([2H])[2H].[2H]C([2H])(C)C1([2H])C([2H])([2H])C([2H])([2H])C1([2H])[2H].[2H]C([2H])(C)C1CCC1.[2H]C([2H])(C)C1CCCC1.[2H]C([2H])(C)C1CCCCC1.[2H]C([2H])(C)C1CCCCCC1. The van der Waals surface area contributed by atoms with E-state index >= 15 is 0 Å². The quantitative estimate of drug-likeness (QED) is 0.213. The Kier molecular flexibility index (Phi) is 16.1. The Balaban J connectivity index is -0.000000653. The van der Waals surface area contributed by atoms with Crippen molar-refractivity contribution in [1.82, 2.24) is 0 Å². The summed E-state index contributed by atoms with van der Waals surface area (Å²) in [5.74, 6) is -17.6. The summed E-state index contributed by atoms with van der Waals surface area (Å²) >= 11 is 0. The Hall–Kier alpha value is 0. The molecule has 8 saturated carbocycles. The Morgan fingerprint density at radius 3 is 0.894 bits per heavy atom. The van der Waals surface area contributed by atoms with E-state index in [4.69, 9.17) is 74.0 Å². The molecule has 4 unspecified atom stereocenters. The van der Waals surface area contributed by atoms with Crippen LogP contribution in [0.4, 0.5) is 0 Å². The molecule has 404 valence electrons. The summed E-state index contributed by atoms with van der Waals surface area (Å²) in [4.78, 5) is 0. The normalized spacial score (nSPS) is 57.2. The van der Waals surface area contributed by atoms with Crippen molar-refractivity contribution in [3.05, 3.63) is 0 Å². The van der Waals surface area contributed by atoms with Gasteiger partial charge >= 0.3 is 0 Å². The Morgan fingerprint density at radius 1 is 0.303 bits per heavy atom. The highest BCUT2D eigenvalue weighted by atomic mass is 14.2. The number of rotatable bonds is 8. The van der Waals surface area contributed by atoms with Crippen molar-refractivity contribution in [2.45, 2.75) is 367 Å². The van der Waals surface area contributed by atoms with E-state index in [1.807, 2.05) is 0 Å². The molecule has 0 nitrogen and oxygen atoms in total. The Bertz CT molecular complexity index is 3070. The van der Waals surface area contributed by atoms with Crippen molar-refractivity contribution in [3.8, 4) is 0 Å². The summed E-state index contributed by atoms with van der Waals surface area (Å²) in [6.07, 6.45) is -47.4. The van der Waals surface area contributed by atoms with Gasteiger partial charge in [-0.2, -0.15) is 0 Å². The van der Waals surface area contributed by atoms with Gasteiger partial charge in [0.25, 0.3) is 0 Å². The second kappa shape index (κ2) is 51.4. The molecule has 0 aliphatic heterocycles. The monoisotopic (exact) mass is 987 g/mol. The van der Waals surface area contributed by atoms with E-state index in [1.165, 1.54) is 64.2 Å². The van der Waals surface area contributed by atoms with Gasteiger partial charge in [0.05, 0.1) is 0 Å². The van der Waals surface area contributed by atoms with Crippen LogP contribution in [-0.4, -0.2) is 0 Å². The predicted octanol–water partition coefficient (Wildman–Crippen LogP) is 25.3. The Morgan fingerprint density at radius 2 is 0.576 bits per heavy atom. The lowest BCUT2D eigenvalue weighted by Crippen LogP contribution is -2.11. The van der Waals surface area contributed by atoms with Crippen LogP contribution in [0.3, 0.4) is 0 Å². The molecule has 8 aliphatic rings. The lowest BCUT2D eigenvalue weighted by Gasteiger charge is -2.25. The summed E-state index contributed by atoms with van der Waals surface area (Å²) in [6.45, 7) is 11.1. The smallest absolute Gasteiger partial charge is 0.0303 e. The van der Waals surface area contributed by atoms with Crippen LogP contribution in [0.1, 0.15) is 441 Å². The molecule has 0 aromatic rings. The second-order valence-electron chi connectivity index (χ2n) is 15.5. The van der Waals surface area contributed by atoms with Crippen LogP contribution in [0.2, 0.25) is 0 Å². The fourth-order valence-corrected chi connectivity index (χ4v) is 6.56. The lowest BCUT2D eigenvalue weighted by atomic mass is 9.81. The van der Waals surface area contributed by atoms with Gasteiger partial charge in [0.15, 0.2) is 0 Å². The van der Waals surface area contributed by atoms with Gasteiger partial charge in [0.1, 0.15) is 0 Å². The molecule has 0 radical (unpaired) electrons. The fourth-order valence-electron chi connectivity index (χ4n) is 6.56. The first-order valence-corrected chi connectivity index (χ1v) is 22.9. The molecule has 0 aromatic carbocycles. The summed E-state index contributed by atoms with van der Waals surface area (Å²) < 4.78 is 414. The standard InChI is InChI=1S/C10H20.2C9H18.C8H16.2C7H14.2C6H12.4CH4/c1-3-10-6-4-5-9(2)7-8-10;1-3-9-6-4-5-8(2)7-9;1-2-9-7-5-3-4-6-8-9;1-2-8-6-4-3-5-7-8;2*1-2-7-5-3-4-6-7;2*1-2-6-4-3-5-6;;;;/h9-10H,3-8H2,1-2H3;8-9H,3-7H2,1-2H3;9H,2-8H2,1H3;8H,2-7H2,1H3;2*7H,2-6H2,1H3;2*6H,2-5H2,1H3;4*1H4/i3D2,4D2,5D2,6D2,7D2,8D2,9D,10D;3D2,4D2,5D2,6D2,7D2,8D,9D;2*2D2;2D2,3D2,4D2,5D2,6D2,7D;2D2;2D2,3D2,4D2,5D2,6D;2D2;;;;. The molecule has 8 rings (SSSR count). The first kappa shape index (κ1) is 20.7. The largest absolute Gasteiger partial charge is 0.0776 e. The molecule has 0 heterocycles. The van der Waals surface area contributed by atoms with Crippen molar-refractivity contribution in [2.24, 2.45) is 59.0 Å². The molecule has 0 bridgehead atoms. The molecule has 0 aromatic heterocycles. The topological polar surface area (TPSA) is 0 Å². The number of hydrogen-bond donors (Lipinski definition) is 0. The van der Waals surface area contributed by atoms with Crippen molar-refractivity contribution in [3.63, 3.8) is 0 Å². The molecular formula is C66H140. The van der Waals surface area contributed by atoms with E-state index < -0.39 is 188 Å². The predicted molar refractivity (Wildman–Crippen MR) is 312 cm³/mol. The van der Waals surface area contributed by atoms with Crippen LogP contribution in [0.25, 0.3) is 0 Å². The fraction of sp³-hybridized carbons (Fsp3) is 1.00. The minimum Gasteiger partial charge on any atom is -0.0776 e. The average Bonchev–Trinajstić information content (AvgIpc) is 1.07. The van der Waals surface area contributed by atoms with Crippen LogP contribution >= 0.6 is 0 Å². The van der Waals surface area contributed by atoms with Crippen LogP contribution in [0.5, 0.6) is 0 Å². The van der Waals surface area contributed by atoms with E-state index in [0.717, 1.165) is 79.1 Å². The van der Waals surface area contributed by atoms with Crippen molar-refractivity contribution in [1.29, 1.82) is 0 Å². The average molecular weight is 988 g/mol. The maximum Gasteiger partial charge on any atom is 0.0303 e. The van der Waals surface area contributed by atoms with Crippen molar-refractivity contribution >= 4 is 0 Å². The highest BCUT2D eigenvalue weighted by Gasteiger charge is 2.18. The van der Waals surface area contributed by atoms with Crippen LogP contribution in [0.15, 0.2) is 0 Å². The summed E-state index contributed by atoms with van der Waals surface area (Å²) in [7, 11) is 0. The lowest BCUT2D eigenvalue weighted by molar-refractivity contribution is 0.276. The van der Waals surface area contributed by atoms with Gasteiger partial charge in [-0.1, -0.05) is 361 Å². The first-order chi connectivity index (χ1) is 49.9. The van der Waals surface area contributed by atoms with Crippen LogP contribution in [-0.2, 0) is 0 Å². The molecule has 0 heteroatoms. The maximum absolute atomic E-state index is 8.23. The van der Waals surface area contributed by atoms with Gasteiger partial charge in [-0.3, -0.25) is 0 Å². The second-order valence-corrected chi connectivity index (χ2v) is 15.5. The molecule has 0 spiro atoms. The third-order valence-corrected chi connectivity index (χ3v) is 10.9. The van der Waals surface area contributed by atoms with E-state index in [1.54, 1.807) is 27.7 Å². The molecule has 4 atom stereocenters. The van der Waals surface area contributed by atoms with Crippen LogP contribution in [0, 0.1) is 59.0 Å². The zero-order valence-corrected chi connectivity index (χ0v) is 40.0. The van der Waals surface area contributed by atoms with Gasteiger partial charge in [0, 0.05) is 74.0 Å². The summed E-state index contributed by atoms with van der Waals surface area (Å²) in [5.41, 5.74) is 0. The molecule has 8 aliphatic carbocycles. The highest BCUT2D eigenvalue weighted by molar-refractivity contribution is 4.70. The van der Waals surface area contributed by atoms with Crippen LogP contribution < -0.4 is 0 Å². The highest BCUT2D eigenvalue weighted by Crippen LogP contribution is 2.32. The first-order valence-electron chi connectivity index (χ1n) is 49.9. The molecule has 0 amide bonds. The summed E-state index contributed by atoms with van der Waals surface area (Å²) in [6, 6.07) is 0. The van der Waals surface area contributed by atoms with E-state index in [9.17, 15) is 0 Å². The van der Waals surface area contributed by atoms with Gasteiger partial charge in [-0.15, -0.1) is 0 Å². The van der Waals surface area contributed by atoms with Crippen molar-refractivity contribution < 1.29 is 74.0 Å². The third-order valence-electron chi connectivity index (χ3n) is 10.9. The molecule has 66 heavy (non-hydrogen) atoms.